The molecule has 0 saturated carbocycles. The highest BCUT2D eigenvalue weighted by atomic mass is 14.9. The Balaban J connectivity index is 2.50. The van der Waals surface area contributed by atoms with Crippen molar-refractivity contribution in [2.24, 2.45) is 0 Å². The maximum atomic E-state index is 5.35. The molecule has 0 saturated heterocycles. The lowest BCUT2D eigenvalue weighted by molar-refractivity contribution is 0.491. The third kappa shape index (κ3) is 3.27. The van der Waals surface area contributed by atoms with Gasteiger partial charge in [-0.3, -0.25) is 10.3 Å². The van der Waals surface area contributed by atoms with Gasteiger partial charge < -0.3 is 0 Å². The summed E-state index contributed by atoms with van der Waals surface area (Å²) < 4.78 is 0. The van der Waals surface area contributed by atoms with E-state index in [0.717, 1.165) is 6.54 Å². The summed E-state index contributed by atoms with van der Waals surface area (Å²) in [6.07, 6.45) is 8.90. The number of pyridine rings is 1. The standard InChI is InChI=1S/C11H14N2/c1-4-11(2,3)13-9-10-5-7-12-8-6-10/h1,5-8,13H,9H2,2-3H3. The third-order valence-electron chi connectivity index (χ3n) is 1.84. The first kappa shape index (κ1) is 9.76. The van der Waals surface area contributed by atoms with E-state index in [4.69, 9.17) is 6.42 Å². The van der Waals surface area contributed by atoms with E-state index >= 15 is 0 Å². The minimum Gasteiger partial charge on any atom is -0.298 e. The lowest BCUT2D eigenvalue weighted by Crippen LogP contribution is -2.36. The molecule has 0 aliphatic carbocycles. The van der Waals surface area contributed by atoms with E-state index in [9.17, 15) is 0 Å². The molecule has 0 spiro atoms. The molecule has 0 atom stereocenters. The van der Waals surface area contributed by atoms with Crippen molar-refractivity contribution >= 4 is 0 Å². The van der Waals surface area contributed by atoms with Crippen molar-refractivity contribution < 1.29 is 0 Å². The SMILES string of the molecule is C#CC(C)(C)NCc1ccncc1. The number of terminal acetylenes is 1. The van der Waals surface area contributed by atoms with Gasteiger partial charge in [-0.05, 0) is 31.5 Å². The molecule has 2 nitrogen and oxygen atoms in total. The third-order valence-corrected chi connectivity index (χ3v) is 1.84. The fraction of sp³-hybridized carbons (Fsp3) is 0.364. The molecule has 1 aromatic rings. The van der Waals surface area contributed by atoms with Gasteiger partial charge in [0.1, 0.15) is 0 Å². The van der Waals surface area contributed by atoms with Crippen LogP contribution in [0.2, 0.25) is 0 Å². The Labute approximate surface area is 79.4 Å². The lowest BCUT2D eigenvalue weighted by Gasteiger charge is -2.19. The van der Waals surface area contributed by atoms with Gasteiger partial charge in [0, 0.05) is 18.9 Å². The molecule has 0 aliphatic heterocycles. The monoisotopic (exact) mass is 174 g/mol. The second kappa shape index (κ2) is 4.06. The average Bonchev–Trinajstić information content (AvgIpc) is 2.17. The van der Waals surface area contributed by atoms with Crippen LogP contribution >= 0.6 is 0 Å². The zero-order chi connectivity index (χ0) is 9.73. The summed E-state index contributed by atoms with van der Waals surface area (Å²) in [5.74, 6) is 2.68. The van der Waals surface area contributed by atoms with Crippen LogP contribution in [0.15, 0.2) is 24.5 Å². The van der Waals surface area contributed by atoms with Gasteiger partial charge >= 0.3 is 0 Å². The summed E-state index contributed by atoms with van der Waals surface area (Å²) in [4.78, 5) is 3.94. The number of rotatable bonds is 3. The van der Waals surface area contributed by atoms with Crippen molar-refractivity contribution in [1.29, 1.82) is 0 Å². The summed E-state index contributed by atoms with van der Waals surface area (Å²) in [6.45, 7) is 4.74. The lowest BCUT2D eigenvalue weighted by atomic mass is 10.1. The van der Waals surface area contributed by atoms with Crippen molar-refractivity contribution in [3.63, 3.8) is 0 Å². The molecular formula is C11H14N2. The smallest absolute Gasteiger partial charge is 0.0743 e. The van der Waals surface area contributed by atoms with Crippen molar-refractivity contribution in [3.05, 3.63) is 30.1 Å². The molecule has 1 rings (SSSR count). The molecule has 1 heterocycles. The maximum Gasteiger partial charge on any atom is 0.0743 e. The first-order valence-corrected chi connectivity index (χ1v) is 4.26. The van der Waals surface area contributed by atoms with Crippen LogP contribution in [0.5, 0.6) is 0 Å². The highest BCUT2D eigenvalue weighted by Gasteiger charge is 2.11. The minimum atomic E-state index is -0.247. The summed E-state index contributed by atoms with van der Waals surface area (Å²) in [6, 6.07) is 3.94. The van der Waals surface area contributed by atoms with Crippen LogP contribution in [-0.4, -0.2) is 10.5 Å². The molecule has 0 unspecified atom stereocenters. The predicted octanol–water partition coefficient (Wildman–Crippen LogP) is 1.58. The fourth-order valence-electron chi connectivity index (χ4n) is 0.875. The zero-order valence-corrected chi connectivity index (χ0v) is 8.04. The zero-order valence-electron chi connectivity index (χ0n) is 8.04. The van der Waals surface area contributed by atoms with Crippen LogP contribution in [0.3, 0.4) is 0 Å². The molecule has 0 amide bonds. The van der Waals surface area contributed by atoms with E-state index in [1.165, 1.54) is 5.56 Å². The normalized spacial score (nSPS) is 10.8. The van der Waals surface area contributed by atoms with Crippen LogP contribution < -0.4 is 5.32 Å². The van der Waals surface area contributed by atoms with Gasteiger partial charge in [0.15, 0.2) is 0 Å². The van der Waals surface area contributed by atoms with E-state index in [2.05, 4.69) is 16.2 Å². The molecule has 2 heteroatoms. The van der Waals surface area contributed by atoms with Gasteiger partial charge in [-0.1, -0.05) is 5.92 Å². The van der Waals surface area contributed by atoms with Gasteiger partial charge in [0.05, 0.1) is 5.54 Å². The van der Waals surface area contributed by atoms with Crippen molar-refractivity contribution in [2.75, 3.05) is 0 Å². The highest BCUT2D eigenvalue weighted by molar-refractivity contribution is 5.13. The summed E-state index contributed by atoms with van der Waals surface area (Å²) in [5, 5.41) is 3.26. The Morgan fingerprint density at radius 1 is 1.46 bits per heavy atom. The van der Waals surface area contributed by atoms with Gasteiger partial charge in [-0.25, -0.2) is 0 Å². The Morgan fingerprint density at radius 3 is 2.62 bits per heavy atom. The van der Waals surface area contributed by atoms with Crippen molar-refractivity contribution in [1.82, 2.24) is 10.3 Å². The first-order valence-electron chi connectivity index (χ1n) is 4.26. The van der Waals surface area contributed by atoms with Crippen LogP contribution in [0.1, 0.15) is 19.4 Å². The van der Waals surface area contributed by atoms with E-state index in [0.29, 0.717) is 0 Å². The quantitative estimate of drug-likeness (QED) is 0.704. The minimum absolute atomic E-state index is 0.247. The molecule has 1 N–H and O–H groups in total. The Hall–Kier alpha value is -1.33. The van der Waals surface area contributed by atoms with Crippen molar-refractivity contribution in [2.45, 2.75) is 25.9 Å². The topological polar surface area (TPSA) is 24.9 Å². The number of nitrogens with zero attached hydrogens (tertiary/aromatic N) is 1. The fourth-order valence-corrected chi connectivity index (χ4v) is 0.875. The van der Waals surface area contributed by atoms with Gasteiger partial charge in [-0.15, -0.1) is 6.42 Å². The Kier molecular flexibility index (Phi) is 3.05. The predicted molar refractivity (Wildman–Crippen MR) is 54.0 cm³/mol. The second-order valence-electron chi connectivity index (χ2n) is 3.48. The van der Waals surface area contributed by atoms with E-state index in [-0.39, 0.29) is 5.54 Å². The van der Waals surface area contributed by atoms with Crippen LogP contribution in [0, 0.1) is 12.3 Å². The van der Waals surface area contributed by atoms with E-state index < -0.39 is 0 Å². The van der Waals surface area contributed by atoms with E-state index in [1.54, 1.807) is 12.4 Å². The summed E-state index contributed by atoms with van der Waals surface area (Å²) in [5.41, 5.74) is 0.946. The van der Waals surface area contributed by atoms with Crippen LogP contribution in [0.4, 0.5) is 0 Å². The molecule has 0 fully saturated rings. The molecule has 0 aromatic carbocycles. The molecule has 68 valence electrons. The summed E-state index contributed by atoms with van der Waals surface area (Å²) in [7, 11) is 0. The largest absolute Gasteiger partial charge is 0.298 e. The number of aromatic nitrogens is 1. The first-order chi connectivity index (χ1) is 6.14. The molecule has 1 aromatic heterocycles. The number of hydrogen-bond acceptors (Lipinski definition) is 2. The van der Waals surface area contributed by atoms with Crippen LogP contribution in [0.25, 0.3) is 0 Å². The average molecular weight is 174 g/mol. The maximum absolute atomic E-state index is 5.35. The Bertz CT molecular complexity index is 296. The van der Waals surface area contributed by atoms with Gasteiger partial charge in [0.2, 0.25) is 0 Å². The highest BCUT2D eigenvalue weighted by Crippen LogP contribution is 2.02. The van der Waals surface area contributed by atoms with Crippen LogP contribution in [-0.2, 0) is 6.54 Å². The van der Waals surface area contributed by atoms with Gasteiger partial charge in [0.25, 0.3) is 0 Å². The molecule has 0 radical (unpaired) electrons. The Morgan fingerprint density at radius 2 is 2.08 bits per heavy atom. The molecule has 0 bridgehead atoms. The van der Waals surface area contributed by atoms with Gasteiger partial charge in [-0.2, -0.15) is 0 Å². The summed E-state index contributed by atoms with van der Waals surface area (Å²) >= 11 is 0. The molecule has 13 heavy (non-hydrogen) atoms. The molecular weight excluding hydrogens is 160 g/mol. The molecule has 0 aliphatic rings. The second-order valence-corrected chi connectivity index (χ2v) is 3.48. The number of nitrogens with one attached hydrogen (secondary N) is 1. The number of hydrogen-bond donors (Lipinski definition) is 1. The van der Waals surface area contributed by atoms with Crippen molar-refractivity contribution in [3.8, 4) is 12.3 Å². The van der Waals surface area contributed by atoms with E-state index in [1.807, 2.05) is 26.0 Å².